The number of sulfonamides is 1. The number of esters is 1. The molecule has 0 fully saturated rings. The molecule has 4 amide bonds. The van der Waals surface area contributed by atoms with Crippen LogP contribution in [0.15, 0.2) is 29.2 Å². The highest BCUT2D eigenvalue weighted by Gasteiger charge is 2.23. The summed E-state index contributed by atoms with van der Waals surface area (Å²) < 4.78 is 31.1. The van der Waals surface area contributed by atoms with E-state index < -0.39 is 46.5 Å². The molecule has 1 atom stereocenters. The third kappa shape index (κ3) is 7.93. The number of nitrogens with zero attached hydrogens (tertiary/aromatic N) is 1. The van der Waals surface area contributed by atoms with Gasteiger partial charge >= 0.3 is 12.0 Å². The van der Waals surface area contributed by atoms with Gasteiger partial charge in [-0.1, -0.05) is 13.8 Å². The number of hydrogen-bond acceptors (Lipinski definition) is 7. The first kappa shape index (κ1) is 27.0. The Balaban J connectivity index is 2.60. The first-order valence-corrected chi connectivity index (χ1v) is 11.6. The first-order valence-electron chi connectivity index (χ1n) is 10.1. The number of urea groups is 1. The lowest BCUT2D eigenvalue weighted by Crippen LogP contribution is -2.47. The molecule has 0 spiro atoms. The molecule has 1 unspecified atom stereocenters. The zero-order chi connectivity index (χ0) is 24.5. The molecular formula is C20H30N4O7S. The molecule has 0 aliphatic rings. The Morgan fingerprint density at radius 1 is 1.00 bits per heavy atom. The van der Waals surface area contributed by atoms with Gasteiger partial charge in [0.15, 0.2) is 6.10 Å². The summed E-state index contributed by atoms with van der Waals surface area (Å²) in [6, 6.07) is 4.40. The van der Waals surface area contributed by atoms with Crippen LogP contribution in [0.2, 0.25) is 0 Å². The zero-order valence-corrected chi connectivity index (χ0v) is 19.6. The first-order chi connectivity index (χ1) is 14.9. The van der Waals surface area contributed by atoms with Gasteiger partial charge in [-0.3, -0.25) is 19.7 Å². The molecule has 178 valence electrons. The van der Waals surface area contributed by atoms with Crippen LogP contribution in [0.5, 0.6) is 0 Å². The Hall–Kier alpha value is -2.99. The summed E-state index contributed by atoms with van der Waals surface area (Å²) in [6.45, 7) is 8.30. The second-order valence-corrected chi connectivity index (χ2v) is 8.98. The molecule has 0 bridgehead atoms. The summed E-state index contributed by atoms with van der Waals surface area (Å²) >= 11 is 0. The molecule has 0 aliphatic heterocycles. The molecule has 0 aromatic heterocycles. The summed E-state index contributed by atoms with van der Waals surface area (Å²) in [5.41, 5.74) is 0.146. The fourth-order valence-corrected chi connectivity index (χ4v) is 4.01. The summed E-state index contributed by atoms with van der Waals surface area (Å²) in [6.07, 6.45) is -1.25. The lowest BCUT2D eigenvalue weighted by atomic mass is 10.2. The number of imide groups is 1. The molecule has 0 heterocycles. The molecule has 1 aromatic rings. The molecule has 12 heteroatoms. The number of hydrogen-bond donors (Lipinski definition) is 3. The van der Waals surface area contributed by atoms with Crippen LogP contribution >= 0.6 is 0 Å². The minimum Gasteiger partial charge on any atom is -0.451 e. The Bertz CT molecular complexity index is 926. The number of rotatable bonds is 10. The van der Waals surface area contributed by atoms with E-state index in [2.05, 4.69) is 10.6 Å². The predicted octanol–water partition coefficient (Wildman–Crippen LogP) is 0.613. The fraction of sp³-hybridized carbons (Fsp3) is 0.500. The van der Waals surface area contributed by atoms with Gasteiger partial charge in [0, 0.05) is 24.7 Å². The van der Waals surface area contributed by atoms with E-state index in [0.717, 1.165) is 0 Å². The molecule has 1 aromatic carbocycles. The van der Waals surface area contributed by atoms with E-state index in [9.17, 15) is 27.6 Å². The molecule has 0 saturated heterocycles. The van der Waals surface area contributed by atoms with Gasteiger partial charge in [0.05, 0.1) is 4.90 Å². The number of carbonyl (C=O) groups excluding carboxylic acids is 4. The van der Waals surface area contributed by atoms with E-state index in [4.69, 9.17) is 4.74 Å². The van der Waals surface area contributed by atoms with Gasteiger partial charge in [-0.25, -0.2) is 13.2 Å². The van der Waals surface area contributed by atoms with Crippen LogP contribution in [0.3, 0.4) is 0 Å². The number of carbonyl (C=O) groups is 4. The molecule has 3 N–H and O–H groups in total. The van der Waals surface area contributed by atoms with Crippen molar-refractivity contribution in [1.29, 1.82) is 0 Å². The van der Waals surface area contributed by atoms with E-state index >= 15 is 0 Å². The lowest BCUT2D eigenvalue weighted by Gasteiger charge is -2.18. The summed E-state index contributed by atoms with van der Waals surface area (Å²) in [5, 5.41) is 6.82. The Morgan fingerprint density at radius 3 is 2.06 bits per heavy atom. The number of ether oxygens (including phenoxy) is 1. The van der Waals surface area contributed by atoms with Gasteiger partial charge in [-0.05, 0) is 45.0 Å². The number of benzene rings is 1. The van der Waals surface area contributed by atoms with Crippen LogP contribution in [-0.4, -0.2) is 68.3 Å². The molecular weight excluding hydrogens is 440 g/mol. The quantitative estimate of drug-likeness (QED) is 0.424. The maximum Gasteiger partial charge on any atom is 0.326 e. The van der Waals surface area contributed by atoms with Crippen molar-refractivity contribution >= 4 is 33.8 Å². The monoisotopic (exact) mass is 470 g/mol. The van der Waals surface area contributed by atoms with Crippen LogP contribution in [-0.2, 0) is 24.3 Å². The van der Waals surface area contributed by atoms with Gasteiger partial charge in [-0.2, -0.15) is 4.31 Å². The summed E-state index contributed by atoms with van der Waals surface area (Å²) in [5.74, 6) is -2.32. The third-order valence-electron chi connectivity index (χ3n) is 4.19. The van der Waals surface area contributed by atoms with E-state index in [1.807, 2.05) is 5.32 Å². The summed E-state index contributed by atoms with van der Waals surface area (Å²) in [4.78, 5) is 47.5. The zero-order valence-electron chi connectivity index (χ0n) is 18.8. The standard InChI is InChI=1S/C20H30N4O7S/c1-6-24(7-2)32(29,30)16-10-8-15(9-11-16)19(27)21-12-17(25)31-14(5)18(26)23-20(28)22-13(3)4/h8-11,13-14H,6-7,12H2,1-5H3,(H,21,27)(H2,22,23,26,28). The third-order valence-corrected chi connectivity index (χ3v) is 6.25. The van der Waals surface area contributed by atoms with Crippen molar-refractivity contribution in [1.82, 2.24) is 20.3 Å². The van der Waals surface area contributed by atoms with Gasteiger partial charge < -0.3 is 15.4 Å². The average Bonchev–Trinajstić information content (AvgIpc) is 2.72. The van der Waals surface area contributed by atoms with Crippen LogP contribution in [0, 0.1) is 0 Å². The van der Waals surface area contributed by atoms with Crippen molar-refractivity contribution in [2.45, 2.75) is 51.7 Å². The van der Waals surface area contributed by atoms with Crippen LogP contribution in [0.25, 0.3) is 0 Å². The van der Waals surface area contributed by atoms with E-state index in [0.29, 0.717) is 13.1 Å². The van der Waals surface area contributed by atoms with E-state index in [1.54, 1.807) is 27.7 Å². The summed E-state index contributed by atoms with van der Waals surface area (Å²) in [7, 11) is -3.65. The van der Waals surface area contributed by atoms with Crippen molar-refractivity contribution in [3.63, 3.8) is 0 Å². The highest BCUT2D eigenvalue weighted by molar-refractivity contribution is 7.89. The van der Waals surface area contributed by atoms with Crippen LogP contribution < -0.4 is 16.0 Å². The van der Waals surface area contributed by atoms with Crippen molar-refractivity contribution in [3.05, 3.63) is 29.8 Å². The van der Waals surface area contributed by atoms with E-state index in [1.165, 1.54) is 35.5 Å². The largest absolute Gasteiger partial charge is 0.451 e. The molecule has 0 saturated carbocycles. The SMILES string of the molecule is CCN(CC)S(=O)(=O)c1ccc(C(=O)NCC(=O)OC(C)C(=O)NC(=O)NC(C)C)cc1. The second-order valence-electron chi connectivity index (χ2n) is 7.05. The second kappa shape index (κ2) is 12.2. The Labute approximate surface area is 187 Å². The smallest absolute Gasteiger partial charge is 0.326 e. The van der Waals surface area contributed by atoms with Crippen molar-refractivity contribution in [3.8, 4) is 0 Å². The van der Waals surface area contributed by atoms with Crippen molar-refractivity contribution in [2.24, 2.45) is 0 Å². The fourth-order valence-electron chi connectivity index (χ4n) is 2.55. The average molecular weight is 471 g/mol. The Morgan fingerprint density at radius 2 is 1.56 bits per heavy atom. The van der Waals surface area contributed by atoms with Gasteiger partial charge in [0.25, 0.3) is 11.8 Å². The van der Waals surface area contributed by atoms with Crippen molar-refractivity contribution in [2.75, 3.05) is 19.6 Å². The predicted molar refractivity (Wildman–Crippen MR) is 116 cm³/mol. The minimum absolute atomic E-state index is 0.0542. The van der Waals surface area contributed by atoms with Gasteiger partial charge in [-0.15, -0.1) is 0 Å². The topological polar surface area (TPSA) is 151 Å². The van der Waals surface area contributed by atoms with Crippen LogP contribution in [0.1, 0.15) is 45.0 Å². The van der Waals surface area contributed by atoms with E-state index in [-0.39, 0.29) is 16.5 Å². The normalized spacial score (nSPS) is 12.2. The highest BCUT2D eigenvalue weighted by atomic mass is 32.2. The molecule has 11 nitrogen and oxygen atoms in total. The maximum atomic E-state index is 12.5. The highest BCUT2D eigenvalue weighted by Crippen LogP contribution is 2.16. The molecule has 0 radical (unpaired) electrons. The number of amides is 4. The van der Waals surface area contributed by atoms with Crippen molar-refractivity contribution < 1.29 is 32.3 Å². The lowest BCUT2D eigenvalue weighted by molar-refractivity contribution is -0.153. The minimum atomic E-state index is -3.65. The molecule has 32 heavy (non-hydrogen) atoms. The Kier molecular flexibility index (Phi) is 10.3. The molecule has 1 rings (SSSR count). The van der Waals surface area contributed by atoms with Gasteiger partial charge in [0.1, 0.15) is 6.54 Å². The van der Waals surface area contributed by atoms with Crippen LogP contribution in [0.4, 0.5) is 4.79 Å². The number of nitrogens with one attached hydrogen (secondary N) is 3. The van der Waals surface area contributed by atoms with Gasteiger partial charge in [0.2, 0.25) is 10.0 Å². The molecule has 0 aliphatic carbocycles. The maximum absolute atomic E-state index is 12.5.